The number of hydrogen-bond donors (Lipinski definition) is 0. The van der Waals surface area contributed by atoms with Crippen LogP contribution in [0.2, 0.25) is 0 Å². The van der Waals surface area contributed by atoms with E-state index in [1.807, 2.05) is 41.2 Å². The first-order valence-electron chi connectivity index (χ1n) is 5.24. The molecule has 0 saturated heterocycles. The van der Waals surface area contributed by atoms with Gasteiger partial charge in [0.1, 0.15) is 6.72 Å². The Morgan fingerprint density at radius 3 is 2.12 bits per heavy atom. The van der Waals surface area contributed by atoms with Crippen molar-refractivity contribution in [2.45, 2.75) is 0 Å². The van der Waals surface area contributed by atoms with E-state index in [9.17, 15) is 0 Å². The van der Waals surface area contributed by atoms with Crippen LogP contribution in [-0.4, -0.2) is 17.6 Å². The van der Waals surface area contributed by atoms with Crippen molar-refractivity contribution >= 4 is 30.1 Å². The molecule has 76 valence electrons. The Labute approximate surface area is 94.4 Å². The summed E-state index contributed by atoms with van der Waals surface area (Å²) >= 11 is 0. The molecule has 3 rings (SSSR count). The standard InChI is InChI=1S/C14H12N2/c1-15-11-16(12-7-3-2-4-8-12)14-10-6-5-9-13(14)15/h2-11H,1H2/q+2. The third-order valence-electron chi connectivity index (χ3n) is 2.74. The van der Waals surface area contributed by atoms with Crippen molar-refractivity contribution in [2.75, 3.05) is 0 Å². The number of para-hydroxylation sites is 3. The molecule has 0 unspecified atom stereocenters. The van der Waals surface area contributed by atoms with Gasteiger partial charge in [-0.2, -0.15) is 0 Å². The fourth-order valence-electron chi connectivity index (χ4n) is 1.97. The predicted molar refractivity (Wildman–Crippen MR) is 67.4 cm³/mol. The van der Waals surface area contributed by atoms with Gasteiger partial charge in [0, 0.05) is 24.3 Å². The molecule has 2 nitrogen and oxygen atoms in total. The summed E-state index contributed by atoms with van der Waals surface area (Å²) in [6, 6.07) is 18.5. The largest absolute Gasteiger partial charge is 0.418 e. The molecule has 0 aliphatic carbocycles. The van der Waals surface area contributed by atoms with Crippen molar-refractivity contribution < 1.29 is 4.58 Å². The molecule has 1 heterocycles. The van der Waals surface area contributed by atoms with Crippen molar-refractivity contribution in [1.82, 2.24) is 4.58 Å². The van der Waals surface area contributed by atoms with Crippen LogP contribution < -0.4 is 4.58 Å². The predicted octanol–water partition coefficient (Wildman–Crippen LogP) is 2.91. The van der Waals surface area contributed by atoms with Crippen LogP contribution in [0, 0.1) is 0 Å². The van der Waals surface area contributed by atoms with E-state index in [4.69, 9.17) is 0 Å². The minimum absolute atomic E-state index is 1.13. The molecule has 2 aromatic rings. The van der Waals surface area contributed by atoms with Crippen molar-refractivity contribution in [3.05, 3.63) is 54.6 Å². The van der Waals surface area contributed by atoms with Crippen molar-refractivity contribution in [3.8, 4) is 0 Å². The third-order valence-corrected chi connectivity index (χ3v) is 2.74. The van der Waals surface area contributed by atoms with Gasteiger partial charge < -0.3 is 0 Å². The maximum atomic E-state index is 3.99. The van der Waals surface area contributed by atoms with Gasteiger partial charge in [0.25, 0.3) is 11.4 Å². The summed E-state index contributed by atoms with van der Waals surface area (Å²) in [6.07, 6.45) is 2.00. The first kappa shape index (κ1) is 9.04. The minimum Gasteiger partial charge on any atom is -0.111 e. The zero-order valence-electron chi connectivity index (χ0n) is 8.88. The lowest BCUT2D eigenvalue weighted by atomic mass is 10.2. The number of fused-ring (bicyclic) bond motifs is 1. The maximum absolute atomic E-state index is 3.99. The zero-order valence-corrected chi connectivity index (χ0v) is 8.88. The lowest BCUT2D eigenvalue weighted by Crippen LogP contribution is -2.03. The Bertz CT molecular complexity index is 583. The molecule has 2 heteroatoms. The van der Waals surface area contributed by atoms with Crippen LogP contribution in [0.1, 0.15) is 0 Å². The average Bonchev–Trinajstić information content (AvgIpc) is 2.69. The molecular weight excluding hydrogens is 196 g/mol. The number of rotatable bonds is 1. The molecule has 0 bridgehead atoms. The summed E-state index contributed by atoms with van der Waals surface area (Å²) in [5.41, 5.74) is 3.45. The Balaban J connectivity index is 2.19. The normalized spacial score (nSPS) is 13.5. The molecule has 1 aliphatic rings. The topological polar surface area (TPSA) is 6.02 Å². The number of benzene rings is 2. The fourth-order valence-corrected chi connectivity index (χ4v) is 1.97. The first-order chi connectivity index (χ1) is 7.86. The van der Waals surface area contributed by atoms with Crippen LogP contribution in [0.3, 0.4) is 0 Å². The Kier molecular flexibility index (Phi) is 1.93. The van der Waals surface area contributed by atoms with E-state index in [2.05, 4.69) is 35.6 Å². The van der Waals surface area contributed by atoms with E-state index >= 15 is 0 Å². The summed E-state index contributed by atoms with van der Waals surface area (Å²) < 4.78 is 4.03. The van der Waals surface area contributed by atoms with Crippen LogP contribution in [0.4, 0.5) is 17.1 Å². The molecule has 0 amide bonds. The van der Waals surface area contributed by atoms with Crippen LogP contribution in [0.25, 0.3) is 0 Å². The summed E-state index contributed by atoms with van der Waals surface area (Å²) in [4.78, 5) is 0. The van der Waals surface area contributed by atoms with E-state index < -0.39 is 0 Å². The second-order valence-electron chi connectivity index (χ2n) is 3.78. The van der Waals surface area contributed by atoms with Gasteiger partial charge in [0.2, 0.25) is 5.69 Å². The Morgan fingerprint density at radius 1 is 0.750 bits per heavy atom. The van der Waals surface area contributed by atoms with Gasteiger partial charge in [0.15, 0.2) is 0 Å². The van der Waals surface area contributed by atoms with E-state index in [1.165, 1.54) is 5.69 Å². The minimum atomic E-state index is 1.13. The summed E-state index contributed by atoms with van der Waals surface area (Å²) in [5, 5.41) is 0. The SMILES string of the molecule is C=[N+]1C=[N+](c2ccccc2)c2ccccc21. The summed E-state index contributed by atoms with van der Waals surface area (Å²) in [5.74, 6) is 0. The zero-order chi connectivity index (χ0) is 11.0. The molecule has 0 fully saturated rings. The first-order valence-corrected chi connectivity index (χ1v) is 5.24. The molecule has 0 aromatic heterocycles. The number of nitrogens with zero attached hydrogens (tertiary/aromatic N) is 2. The molecule has 1 aliphatic heterocycles. The van der Waals surface area contributed by atoms with E-state index in [1.54, 1.807) is 0 Å². The molecule has 0 N–H and O–H groups in total. The van der Waals surface area contributed by atoms with E-state index in [0.29, 0.717) is 0 Å². The second kappa shape index (κ2) is 3.42. The molecule has 16 heavy (non-hydrogen) atoms. The summed E-state index contributed by atoms with van der Waals surface area (Å²) in [7, 11) is 0. The van der Waals surface area contributed by atoms with Gasteiger partial charge in [-0.15, -0.1) is 4.58 Å². The van der Waals surface area contributed by atoms with Gasteiger partial charge in [0.05, 0.1) is 0 Å². The lowest BCUT2D eigenvalue weighted by molar-refractivity contribution is -0.278. The molecule has 0 radical (unpaired) electrons. The molecule has 0 saturated carbocycles. The fraction of sp³-hybridized carbons (Fsp3) is 0. The maximum Gasteiger partial charge on any atom is 0.418 e. The number of hydrogen-bond acceptors (Lipinski definition) is 0. The smallest absolute Gasteiger partial charge is 0.111 e. The lowest BCUT2D eigenvalue weighted by Gasteiger charge is -1.93. The second-order valence-corrected chi connectivity index (χ2v) is 3.78. The van der Waals surface area contributed by atoms with Gasteiger partial charge >= 0.3 is 6.34 Å². The van der Waals surface area contributed by atoms with Gasteiger partial charge in [-0.25, -0.2) is 0 Å². The van der Waals surface area contributed by atoms with Crippen LogP contribution in [0.5, 0.6) is 0 Å². The monoisotopic (exact) mass is 208 g/mol. The molecule has 0 spiro atoms. The van der Waals surface area contributed by atoms with Crippen LogP contribution in [0.15, 0.2) is 54.6 Å². The highest BCUT2D eigenvalue weighted by Crippen LogP contribution is 2.32. The van der Waals surface area contributed by atoms with Gasteiger partial charge in [-0.05, 0) is 0 Å². The molecule has 2 aromatic carbocycles. The van der Waals surface area contributed by atoms with E-state index in [-0.39, 0.29) is 0 Å². The van der Waals surface area contributed by atoms with E-state index in [0.717, 1.165) is 11.4 Å². The van der Waals surface area contributed by atoms with Crippen molar-refractivity contribution in [2.24, 2.45) is 0 Å². The third kappa shape index (κ3) is 1.27. The highest BCUT2D eigenvalue weighted by Gasteiger charge is 2.32. The van der Waals surface area contributed by atoms with Crippen molar-refractivity contribution in [1.29, 1.82) is 0 Å². The quantitative estimate of drug-likeness (QED) is 0.636. The van der Waals surface area contributed by atoms with Gasteiger partial charge in [-0.3, -0.25) is 0 Å². The highest BCUT2D eigenvalue weighted by molar-refractivity contribution is 5.79. The van der Waals surface area contributed by atoms with Crippen LogP contribution >= 0.6 is 0 Å². The highest BCUT2D eigenvalue weighted by atomic mass is 15.2. The average molecular weight is 208 g/mol. The Hall–Kier alpha value is -2.22. The van der Waals surface area contributed by atoms with Crippen LogP contribution in [-0.2, 0) is 0 Å². The summed E-state index contributed by atoms with van der Waals surface area (Å²) in [6.45, 7) is 3.99. The molecular formula is C14H12N2+2. The Morgan fingerprint density at radius 2 is 1.38 bits per heavy atom. The van der Waals surface area contributed by atoms with Gasteiger partial charge in [-0.1, -0.05) is 34.9 Å². The van der Waals surface area contributed by atoms with Crippen molar-refractivity contribution in [3.63, 3.8) is 0 Å². The molecule has 0 atom stereocenters.